The van der Waals surface area contributed by atoms with E-state index in [1.807, 2.05) is 0 Å². The van der Waals surface area contributed by atoms with E-state index in [0.717, 1.165) is 13.8 Å². The topological polar surface area (TPSA) is 524 Å². The Morgan fingerprint density at radius 1 is 0.356 bits per heavy atom. The van der Waals surface area contributed by atoms with Crippen LogP contribution in [0.5, 0.6) is 0 Å². The molecule has 30 atom stereocenters. The summed E-state index contributed by atoms with van der Waals surface area (Å²) in [6, 6.07) is -3.19. The predicted molar refractivity (Wildman–Crippen MR) is 222 cm³/mol. The first-order valence-corrected chi connectivity index (χ1v) is 23.1. The number of amides is 2. The highest BCUT2D eigenvalue weighted by atomic mass is 16.8. The van der Waals surface area contributed by atoms with Crippen molar-refractivity contribution in [3.05, 3.63) is 0 Å². The smallest absolute Gasteiger partial charge is 0.217 e. The number of hydrogen-bond donors (Lipinski definition) is 20. The monoisotopic (exact) mass is 1070 g/mol. The van der Waals surface area contributed by atoms with Gasteiger partial charge in [0, 0.05) is 13.8 Å². The molecular weight excluding hydrogens is 1000 g/mol. The Labute approximate surface area is 413 Å². The van der Waals surface area contributed by atoms with Crippen LogP contribution in [-0.4, -0.2) is 327 Å². The van der Waals surface area contributed by atoms with Gasteiger partial charge in [0.1, 0.15) is 146 Å². The fourth-order valence-electron chi connectivity index (χ4n) is 9.20. The highest BCUT2D eigenvalue weighted by Crippen LogP contribution is 2.36. The van der Waals surface area contributed by atoms with Crippen LogP contribution in [-0.2, 0) is 61.7 Å². The third kappa shape index (κ3) is 13.0. The summed E-state index contributed by atoms with van der Waals surface area (Å²) >= 11 is 0. The fourth-order valence-corrected chi connectivity index (χ4v) is 9.20. The zero-order chi connectivity index (χ0) is 53.9. The largest absolute Gasteiger partial charge is 0.394 e. The van der Waals surface area contributed by atoms with Gasteiger partial charge < -0.3 is 155 Å². The first-order valence-electron chi connectivity index (χ1n) is 23.1. The molecule has 73 heavy (non-hydrogen) atoms. The van der Waals surface area contributed by atoms with Crippen molar-refractivity contribution in [2.75, 3.05) is 39.6 Å². The van der Waals surface area contributed by atoms with Crippen molar-refractivity contribution in [3.8, 4) is 0 Å². The molecule has 0 aromatic rings. The predicted octanol–water partition coefficient (Wildman–Crippen LogP) is -13.8. The van der Waals surface area contributed by atoms with Gasteiger partial charge in [-0.25, -0.2) is 0 Å². The van der Waals surface area contributed by atoms with Crippen molar-refractivity contribution >= 4 is 11.8 Å². The zero-order valence-corrected chi connectivity index (χ0v) is 38.9. The lowest BCUT2D eigenvalue weighted by atomic mass is 9.94. The SMILES string of the molecule is CC(=O)N[C@@H]1[C@@H](O)[C@H](O[C@@H]2O[C@H](CO)[C@@H](O[C@H]3O[C@H](CO[C@H]4O[C@H](CO)[C@@H](O)[C@H](O[C@H]5O[C@H](CO)[C@@H](O)[C@H](O)[C@@H]5O[C@H]5O[C@H](CO)[C@@H](O)[C@H](O)[C@@H]5O)[C@@H]4O)[C@@H](O)[C@H](O)[C@@H]3O)[C@H](O)[C@H]2NC(C)=O)[C@@H](CO)O[C@H]1O. The van der Waals surface area contributed by atoms with Crippen molar-refractivity contribution in [3.63, 3.8) is 0 Å². The van der Waals surface area contributed by atoms with Gasteiger partial charge in [-0.2, -0.15) is 0 Å². The Morgan fingerprint density at radius 2 is 0.740 bits per heavy atom. The van der Waals surface area contributed by atoms with E-state index in [9.17, 15) is 102 Å². The second kappa shape index (κ2) is 26.0. The molecule has 424 valence electrons. The van der Waals surface area contributed by atoms with Crippen LogP contribution in [0.25, 0.3) is 0 Å². The van der Waals surface area contributed by atoms with Crippen LogP contribution in [0.3, 0.4) is 0 Å². The highest BCUT2D eigenvalue weighted by molar-refractivity contribution is 5.73. The Hall–Kier alpha value is -2.22. The Morgan fingerprint density at radius 3 is 1.27 bits per heavy atom. The van der Waals surface area contributed by atoms with Crippen LogP contribution in [0.1, 0.15) is 13.8 Å². The molecule has 0 saturated carbocycles. The average molecular weight is 1070 g/mol. The summed E-state index contributed by atoms with van der Waals surface area (Å²) in [6.07, 6.45) is -52.9. The third-order valence-electron chi connectivity index (χ3n) is 13.2. The second-order valence-electron chi connectivity index (χ2n) is 18.3. The lowest BCUT2D eigenvalue weighted by Gasteiger charge is -2.49. The van der Waals surface area contributed by atoms with Gasteiger partial charge in [0.15, 0.2) is 37.7 Å². The Balaban J connectivity index is 1.16. The van der Waals surface area contributed by atoms with Crippen molar-refractivity contribution in [1.29, 1.82) is 0 Å². The minimum absolute atomic E-state index is 0.699. The van der Waals surface area contributed by atoms with Crippen molar-refractivity contribution < 1.29 is 154 Å². The van der Waals surface area contributed by atoms with E-state index in [1.165, 1.54) is 0 Å². The van der Waals surface area contributed by atoms with Crippen molar-refractivity contribution in [1.82, 2.24) is 10.6 Å². The molecule has 0 radical (unpaired) electrons. The molecule has 0 aromatic heterocycles. The molecule has 6 saturated heterocycles. The molecule has 6 aliphatic heterocycles. The molecule has 6 aliphatic rings. The molecule has 0 aliphatic carbocycles. The number of ether oxygens (including phenoxy) is 11. The lowest BCUT2D eigenvalue weighted by Crippen LogP contribution is -2.70. The third-order valence-corrected chi connectivity index (χ3v) is 13.2. The normalized spacial score (nSPS) is 49.8. The number of nitrogens with one attached hydrogen (secondary N) is 2. The highest BCUT2D eigenvalue weighted by Gasteiger charge is 2.57. The number of rotatable bonds is 18. The molecule has 20 N–H and O–H groups in total. The molecule has 33 heteroatoms. The van der Waals surface area contributed by atoms with Crippen molar-refractivity contribution in [2.45, 2.75) is 198 Å². The standard InChI is InChI=1S/C40H68N2O31/c1-9(48)41-17-23(54)31(14(6-46)64-35(17)62)70-36-18(42-10(2)49)24(55)32(15(7-47)68-36)71-39-29(60)26(57)21(52)16(69-39)8-63-37-30(61)33(22(53)13(5-45)65-37)72-40-34(27(58)20(51)12(4-44)67-40)73-38-28(59)25(56)19(50)11(3-43)66-38/h11-40,43-47,50-62H,3-8H2,1-2H3,(H,41,48)(H,42,49)/t11-,12-,13-,14-,15-,16-,17-,18-,19-,20-,21-,22-,23-,24-,25+,26+,27+,28+,29+,30+,31-,32-,33+,34+,35-,36+,37+,38-,39-,40-/m1/s1. The van der Waals surface area contributed by atoms with Crippen LogP contribution < -0.4 is 10.6 Å². The van der Waals surface area contributed by atoms with Gasteiger partial charge in [0.2, 0.25) is 11.8 Å². The second-order valence-corrected chi connectivity index (χ2v) is 18.3. The van der Waals surface area contributed by atoms with E-state index in [-0.39, 0.29) is 0 Å². The van der Waals surface area contributed by atoms with E-state index in [4.69, 9.17) is 52.1 Å². The Kier molecular flexibility index (Phi) is 21.3. The quantitative estimate of drug-likeness (QED) is 0.0606. The summed E-state index contributed by atoms with van der Waals surface area (Å²) < 4.78 is 62.3. The summed E-state index contributed by atoms with van der Waals surface area (Å²) in [4.78, 5) is 24.2. The first-order chi connectivity index (χ1) is 34.5. The summed E-state index contributed by atoms with van der Waals surface area (Å²) in [6.45, 7) is -3.50. The molecule has 0 bridgehead atoms. The summed E-state index contributed by atoms with van der Waals surface area (Å²) in [7, 11) is 0. The van der Waals surface area contributed by atoms with Gasteiger partial charge in [-0.1, -0.05) is 0 Å². The molecule has 0 unspecified atom stereocenters. The minimum Gasteiger partial charge on any atom is -0.394 e. The Bertz CT molecular complexity index is 1750. The summed E-state index contributed by atoms with van der Waals surface area (Å²) in [5, 5.41) is 196. The molecule has 6 fully saturated rings. The van der Waals surface area contributed by atoms with E-state index in [0.29, 0.717) is 0 Å². The van der Waals surface area contributed by atoms with E-state index >= 15 is 0 Å². The van der Waals surface area contributed by atoms with Crippen LogP contribution in [0.2, 0.25) is 0 Å². The van der Waals surface area contributed by atoms with Gasteiger partial charge in [0.25, 0.3) is 0 Å². The molecule has 2 amide bonds. The first kappa shape index (κ1) is 60.0. The van der Waals surface area contributed by atoms with Gasteiger partial charge in [0.05, 0.1) is 39.6 Å². The zero-order valence-electron chi connectivity index (χ0n) is 38.9. The molecule has 6 rings (SSSR count). The van der Waals surface area contributed by atoms with Gasteiger partial charge >= 0.3 is 0 Å². The molecular formula is C40H68N2O31. The molecule has 0 aromatic carbocycles. The van der Waals surface area contributed by atoms with Crippen LogP contribution in [0.4, 0.5) is 0 Å². The molecule has 6 heterocycles. The van der Waals surface area contributed by atoms with Crippen LogP contribution >= 0.6 is 0 Å². The van der Waals surface area contributed by atoms with E-state index < -0.39 is 236 Å². The van der Waals surface area contributed by atoms with Crippen molar-refractivity contribution in [2.24, 2.45) is 0 Å². The van der Waals surface area contributed by atoms with Gasteiger partial charge in [-0.15, -0.1) is 0 Å². The minimum atomic E-state index is -2.15. The molecule has 33 nitrogen and oxygen atoms in total. The number of aliphatic hydroxyl groups is 18. The van der Waals surface area contributed by atoms with E-state index in [2.05, 4.69) is 10.6 Å². The van der Waals surface area contributed by atoms with Crippen LogP contribution in [0, 0.1) is 0 Å². The lowest BCUT2D eigenvalue weighted by molar-refractivity contribution is -0.391. The number of carbonyl (C=O) groups is 2. The number of hydrogen-bond acceptors (Lipinski definition) is 31. The maximum atomic E-state index is 12.4. The van der Waals surface area contributed by atoms with Gasteiger partial charge in [-0.05, 0) is 0 Å². The maximum absolute atomic E-state index is 12.4. The summed E-state index contributed by atoms with van der Waals surface area (Å²) in [5.74, 6) is -1.50. The maximum Gasteiger partial charge on any atom is 0.217 e. The van der Waals surface area contributed by atoms with Crippen LogP contribution in [0.15, 0.2) is 0 Å². The average Bonchev–Trinajstić information content (AvgIpc) is 3.35. The molecule has 0 spiro atoms. The summed E-state index contributed by atoms with van der Waals surface area (Å²) in [5.41, 5.74) is 0. The van der Waals surface area contributed by atoms with E-state index in [1.54, 1.807) is 0 Å². The number of carbonyl (C=O) groups excluding carboxylic acids is 2. The van der Waals surface area contributed by atoms with Gasteiger partial charge in [-0.3, -0.25) is 9.59 Å². The fraction of sp³-hybridized carbons (Fsp3) is 0.950. The number of aliphatic hydroxyl groups excluding tert-OH is 18.